The summed E-state index contributed by atoms with van der Waals surface area (Å²) in [6, 6.07) is 8.27. The molecule has 0 saturated heterocycles. The van der Waals surface area contributed by atoms with Crippen molar-refractivity contribution in [2.75, 3.05) is 20.3 Å². The number of nitrogens with one attached hydrogen (secondary N) is 2. The lowest BCUT2D eigenvalue weighted by Crippen LogP contribution is -2.57. The van der Waals surface area contributed by atoms with Crippen LogP contribution in [0.3, 0.4) is 0 Å². The second-order valence-electron chi connectivity index (χ2n) is 6.75. The van der Waals surface area contributed by atoms with Crippen molar-refractivity contribution in [3.63, 3.8) is 0 Å². The third-order valence-electron chi connectivity index (χ3n) is 4.60. The molecule has 1 amide bonds. The third-order valence-corrected chi connectivity index (χ3v) is 4.60. The molecule has 1 aliphatic rings. The van der Waals surface area contributed by atoms with E-state index in [0.29, 0.717) is 19.4 Å². The highest BCUT2D eigenvalue weighted by Crippen LogP contribution is 2.39. The van der Waals surface area contributed by atoms with E-state index in [2.05, 4.69) is 10.6 Å². The van der Waals surface area contributed by atoms with Crippen LogP contribution in [0.2, 0.25) is 0 Å². The lowest BCUT2D eigenvalue weighted by atomic mass is 10.1. The van der Waals surface area contributed by atoms with Gasteiger partial charge in [0.25, 0.3) is 0 Å². The van der Waals surface area contributed by atoms with Crippen molar-refractivity contribution in [2.24, 2.45) is 0 Å². The molecule has 1 fully saturated rings. The summed E-state index contributed by atoms with van der Waals surface area (Å²) >= 11 is 0. The number of unbranched alkanes of at least 4 members (excludes halogenated alkanes) is 1. The number of esters is 2. The number of amides is 1. The average molecular weight is 392 g/mol. The van der Waals surface area contributed by atoms with E-state index in [0.717, 1.165) is 18.4 Å². The zero-order valence-electron chi connectivity index (χ0n) is 16.4. The highest BCUT2D eigenvalue weighted by Gasteiger charge is 2.54. The van der Waals surface area contributed by atoms with Gasteiger partial charge in [0.15, 0.2) is 0 Å². The van der Waals surface area contributed by atoms with E-state index in [4.69, 9.17) is 14.2 Å². The van der Waals surface area contributed by atoms with Crippen LogP contribution in [0.1, 0.15) is 38.2 Å². The Kier molecular flexibility index (Phi) is 8.25. The van der Waals surface area contributed by atoms with E-state index in [9.17, 15) is 14.4 Å². The molecule has 8 heteroatoms. The molecule has 1 saturated carbocycles. The van der Waals surface area contributed by atoms with Crippen LogP contribution in [-0.4, -0.2) is 49.9 Å². The van der Waals surface area contributed by atoms with Crippen molar-refractivity contribution in [3.8, 4) is 0 Å². The van der Waals surface area contributed by atoms with Gasteiger partial charge in [0.1, 0.15) is 12.6 Å². The summed E-state index contributed by atoms with van der Waals surface area (Å²) < 4.78 is 15.1. The van der Waals surface area contributed by atoms with Crippen molar-refractivity contribution in [2.45, 2.75) is 50.8 Å². The zero-order chi connectivity index (χ0) is 20.4. The minimum atomic E-state index is -0.954. The molecule has 0 heterocycles. The lowest BCUT2D eigenvalue weighted by Gasteiger charge is -2.26. The summed E-state index contributed by atoms with van der Waals surface area (Å²) in [5, 5.41) is 5.61. The predicted molar refractivity (Wildman–Crippen MR) is 101 cm³/mol. The summed E-state index contributed by atoms with van der Waals surface area (Å²) in [5.74, 6) is -0.990. The molecule has 0 aliphatic heterocycles. The van der Waals surface area contributed by atoms with Gasteiger partial charge in [-0.25, -0.2) is 9.59 Å². The number of hydrogen-bond acceptors (Lipinski definition) is 7. The van der Waals surface area contributed by atoms with Crippen LogP contribution in [0.4, 0.5) is 4.79 Å². The predicted octanol–water partition coefficient (Wildman–Crippen LogP) is 1.92. The van der Waals surface area contributed by atoms with Gasteiger partial charge in [-0.2, -0.15) is 0 Å². The quantitative estimate of drug-likeness (QED) is 0.337. The van der Waals surface area contributed by atoms with Gasteiger partial charge in [-0.15, -0.1) is 0 Å². The lowest BCUT2D eigenvalue weighted by molar-refractivity contribution is -0.146. The minimum Gasteiger partial charge on any atom is -0.467 e. The fraction of sp³-hybridized carbons (Fsp3) is 0.550. The fourth-order valence-corrected chi connectivity index (χ4v) is 2.75. The van der Waals surface area contributed by atoms with E-state index in [1.807, 2.05) is 37.3 Å². The third kappa shape index (κ3) is 6.53. The molecule has 2 N–H and O–H groups in total. The molecular weight excluding hydrogens is 364 g/mol. The molecule has 1 aromatic rings. The summed E-state index contributed by atoms with van der Waals surface area (Å²) in [5.41, 5.74) is 0.101. The molecule has 8 nitrogen and oxygen atoms in total. The summed E-state index contributed by atoms with van der Waals surface area (Å²) in [4.78, 5) is 36.2. The van der Waals surface area contributed by atoms with Gasteiger partial charge in [-0.05, 0) is 24.8 Å². The maximum atomic E-state index is 12.2. The molecular formula is C20H28N2O6. The number of methoxy groups -OCH3 is 1. The van der Waals surface area contributed by atoms with E-state index in [-0.39, 0.29) is 13.2 Å². The first-order valence-corrected chi connectivity index (χ1v) is 9.46. The van der Waals surface area contributed by atoms with Gasteiger partial charge in [0.2, 0.25) is 0 Å². The molecule has 0 bridgehead atoms. The molecule has 0 aromatic heterocycles. The molecule has 2 rings (SSSR count). The highest BCUT2D eigenvalue weighted by molar-refractivity contribution is 5.83. The summed E-state index contributed by atoms with van der Waals surface area (Å²) in [6.07, 6.45) is 2.25. The number of alkyl carbamates (subject to hydrolysis) is 1. The van der Waals surface area contributed by atoms with Gasteiger partial charge in [-0.1, -0.05) is 43.7 Å². The maximum Gasteiger partial charge on any atom is 0.408 e. The SMILES string of the molecule is CCCCOC(=O)CNC1(C(NC(=O)OCc2ccccc2)C(=O)OC)CC1. The van der Waals surface area contributed by atoms with Crippen LogP contribution in [0.25, 0.3) is 0 Å². The fourth-order valence-electron chi connectivity index (χ4n) is 2.75. The Hall–Kier alpha value is -2.61. The van der Waals surface area contributed by atoms with Gasteiger partial charge in [0.05, 0.1) is 25.8 Å². The number of hydrogen-bond donors (Lipinski definition) is 2. The summed E-state index contributed by atoms with van der Waals surface area (Å²) in [6.45, 7) is 2.42. The Morgan fingerprint density at radius 2 is 1.86 bits per heavy atom. The van der Waals surface area contributed by atoms with Gasteiger partial charge in [0, 0.05) is 0 Å². The van der Waals surface area contributed by atoms with E-state index in [1.165, 1.54) is 7.11 Å². The first-order chi connectivity index (χ1) is 13.5. The van der Waals surface area contributed by atoms with Crippen LogP contribution < -0.4 is 10.6 Å². The molecule has 28 heavy (non-hydrogen) atoms. The Labute approximate surface area is 164 Å². The van der Waals surface area contributed by atoms with Gasteiger partial charge in [-0.3, -0.25) is 10.1 Å². The molecule has 0 spiro atoms. The van der Waals surface area contributed by atoms with Crippen LogP contribution in [0.15, 0.2) is 30.3 Å². The number of rotatable bonds is 11. The number of ether oxygens (including phenoxy) is 3. The highest BCUT2D eigenvalue weighted by atomic mass is 16.6. The van der Waals surface area contributed by atoms with Crippen LogP contribution in [-0.2, 0) is 30.4 Å². The Morgan fingerprint density at radius 1 is 1.14 bits per heavy atom. The second-order valence-corrected chi connectivity index (χ2v) is 6.75. The van der Waals surface area contributed by atoms with Crippen molar-refractivity contribution in [1.82, 2.24) is 10.6 Å². The second kappa shape index (κ2) is 10.7. The number of benzene rings is 1. The van der Waals surface area contributed by atoms with E-state index < -0.39 is 29.6 Å². The molecule has 1 aromatic carbocycles. The normalized spacial score (nSPS) is 15.2. The Morgan fingerprint density at radius 3 is 2.46 bits per heavy atom. The molecule has 1 atom stereocenters. The first kappa shape index (κ1) is 21.7. The van der Waals surface area contributed by atoms with Crippen molar-refractivity contribution < 1.29 is 28.6 Å². The van der Waals surface area contributed by atoms with E-state index in [1.54, 1.807) is 0 Å². The Bertz CT molecular complexity index is 660. The minimum absolute atomic E-state index is 0.0437. The molecule has 1 unspecified atom stereocenters. The largest absolute Gasteiger partial charge is 0.467 e. The zero-order valence-corrected chi connectivity index (χ0v) is 16.4. The smallest absolute Gasteiger partial charge is 0.408 e. The van der Waals surface area contributed by atoms with Crippen LogP contribution in [0.5, 0.6) is 0 Å². The number of carbonyl (C=O) groups excluding carboxylic acids is 3. The van der Waals surface area contributed by atoms with Crippen molar-refractivity contribution >= 4 is 18.0 Å². The average Bonchev–Trinajstić information content (AvgIpc) is 3.50. The molecule has 1 aliphatic carbocycles. The molecule has 154 valence electrons. The summed E-state index contributed by atoms with van der Waals surface area (Å²) in [7, 11) is 1.25. The van der Waals surface area contributed by atoms with Gasteiger partial charge < -0.3 is 19.5 Å². The standard InChI is InChI=1S/C20H28N2O6/c1-3-4-12-27-16(23)13-21-20(10-11-20)17(18(24)26-2)22-19(25)28-14-15-8-6-5-7-9-15/h5-9,17,21H,3-4,10-14H2,1-2H3,(H,22,25). The van der Waals surface area contributed by atoms with Crippen molar-refractivity contribution in [1.29, 1.82) is 0 Å². The Balaban J connectivity index is 1.88. The topological polar surface area (TPSA) is 103 Å². The monoisotopic (exact) mass is 392 g/mol. The molecule has 0 radical (unpaired) electrons. The van der Waals surface area contributed by atoms with Crippen LogP contribution in [0, 0.1) is 0 Å². The van der Waals surface area contributed by atoms with Gasteiger partial charge >= 0.3 is 18.0 Å². The van der Waals surface area contributed by atoms with Crippen molar-refractivity contribution in [3.05, 3.63) is 35.9 Å². The van der Waals surface area contributed by atoms with E-state index >= 15 is 0 Å². The maximum absolute atomic E-state index is 12.2. The number of carbonyl (C=O) groups is 3. The first-order valence-electron chi connectivity index (χ1n) is 9.46. The van der Waals surface area contributed by atoms with Crippen LogP contribution >= 0.6 is 0 Å².